The van der Waals surface area contributed by atoms with E-state index in [2.05, 4.69) is 22.3 Å². The Morgan fingerprint density at radius 2 is 1.61 bits per heavy atom. The number of hydrogen-bond acceptors (Lipinski definition) is 7. The zero-order valence-corrected chi connectivity index (χ0v) is 33.9. The van der Waals surface area contributed by atoms with Gasteiger partial charge in [-0.25, -0.2) is 4.39 Å². The zero-order valence-electron chi connectivity index (χ0n) is 33.9. The maximum atomic E-state index is 14.1. The van der Waals surface area contributed by atoms with Crippen molar-refractivity contribution in [2.24, 2.45) is 0 Å². The van der Waals surface area contributed by atoms with Crippen LogP contribution in [-0.4, -0.2) is 123 Å². The number of nitrogens with zero attached hydrogens (tertiary/aromatic N) is 4. The van der Waals surface area contributed by atoms with Crippen LogP contribution in [0.1, 0.15) is 70.3 Å². The Morgan fingerprint density at radius 1 is 0.918 bits per heavy atom. The van der Waals surface area contributed by atoms with Gasteiger partial charge in [0.1, 0.15) is 24.8 Å². The fourth-order valence-electron chi connectivity index (χ4n) is 9.23. The molecule has 0 radical (unpaired) electrons. The Bertz CT molecular complexity index is 2020. The number of piperidine rings is 1. The molecule has 4 aliphatic rings. The number of alkyl halides is 6. The molecule has 7 rings (SSSR count). The SMILES string of the molecule is CN(CCCCN1CCNCC1=O)C(=O)CO[C@H]1Cc2ccccc2C12CCN(CC[C@@]1(c3ccc(F)cc3)CN(C(=O)c3cc(C(F)(F)F)cc(C(F)(F)F)c3)CO1)CC2. The van der Waals surface area contributed by atoms with Crippen molar-refractivity contribution in [1.29, 1.82) is 0 Å². The summed E-state index contributed by atoms with van der Waals surface area (Å²) in [5, 5.41) is 3.06. The number of unbranched alkanes of at least 4 members (excludes halogenated alkanes) is 1. The molecule has 1 spiro atoms. The van der Waals surface area contributed by atoms with E-state index in [9.17, 15) is 45.1 Å². The molecule has 0 saturated carbocycles. The van der Waals surface area contributed by atoms with Crippen molar-refractivity contribution in [2.45, 2.75) is 68.0 Å². The monoisotopic (exact) mass is 861 g/mol. The minimum Gasteiger partial charge on any atom is -0.367 e. The second-order valence-electron chi connectivity index (χ2n) is 16.6. The van der Waals surface area contributed by atoms with E-state index < -0.39 is 53.1 Å². The van der Waals surface area contributed by atoms with Gasteiger partial charge < -0.3 is 34.4 Å². The molecule has 3 heterocycles. The summed E-state index contributed by atoms with van der Waals surface area (Å²) in [6.07, 6.45) is -6.55. The van der Waals surface area contributed by atoms with Gasteiger partial charge in [-0.05, 0) is 98.6 Å². The number of nitrogens with one attached hydrogen (secondary N) is 1. The van der Waals surface area contributed by atoms with Gasteiger partial charge >= 0.3 is 12.4 Å². The second-order valence-corrected chi connectivity index (χ2v) is 16.6. The van der Waals surface area contributed by atoms with Gasteiger partial charge in [0.05, 0.1) is 30.3 Å². The summed E-state index contributed by atoms with van der Waals surface area (Å²) in [5.74, 6) is -1.60. The molecule has 17 heteroatoms. The lowest BCUT2D eigenvalue weighted by molar-refractivity contribution is -0.143. The van der Waals surface area contributed by atoms with Crippen molar-refractivity contribution in [3.8, 4) is 0 Å². The topological polar surface area (TPSA) is 94.7 Å². The van der Waals surface area contributed by atoms with Crippen LogP contribution in [0.15, 0.2) is 66.7 Å². The van der Waals surface area contributed by atoms with E-state index in [-0.39, 0.29) is 49.0 Å². The van der Waals surface area contributed by atoms with E-state index in [1.54, 1.807) is 11.9 Å². The molecule has 330 valence electrons. The average Bonchev–Trinajstić information content (AvgIpc) is 3.81. The molecule has 2 atom stereocenters. The summed E-state index contributed by atoms with van der Waals surface area (Å²) in [5.41, 5.74) is -2.65. The lowest BCUT2D eigenvalue weighted by Gasteiger charge is -2.44. The third-order valence-corrected chi connectivity index (χ3v) is 12.8. The molecule has 1 N–H and O–H groups in total. The number of carbonyl (C=O) groups excluding carboxylic acids is 3. The highest BCUT2D eigenvalue weighted by Crippen LogP contribution is 2.48. The van der Waals surface area contributed by atoms with Gasteiger partial charge in [-0.2, -0.15) is 26.3 Å². The first kappa shape index (κ1) is 44.5. The fourth-order valence-corrected chi connectivity index (χ4v) is 9.23. The second kappa shape index (κ2) is 18.0. The average molecular weight is 862 g/mol. The van der Waals surface area contributed by atoms with Gasteiger partial charge in [-0.3, -0.25) is 14.4 Å². The highest BCUT2D eigenvalue weighted by atomic mass is 19.4. The Hall–Kier alpha value is -4.58. The van der Waals surface area contributed by atoms with Crippen molar-refractivity contribution >= 4 is 17.7 Å². The predicted molar refractivity (Wildman–Crippen MR) is 210 cm³/mol. The molecule has 3 aromatic carbocycles. The van der Waals surface area contributed by atoms with E-state index in [0.29, 0.717) is 69.9 Å². The molecule has 3 fully saturated rings. The van der Waals surface area contributed by atoms with Gasteiger partial charge in [-0.15, -0.1) is 0 Å². The van der Waals surface area contributed by atoms with Crippen molar-refractivity contribution in [1.82, 2.24) is 24.9 Å². The summed E-state index contributed by atoms with van der Waals surface area (Å²) in [6, 6.07) is 14.5. The van der Waals surface area contributed by atoms with Crippen molar-refractivity contribution in [2.75, 3.05) is 79.3 Å². The first-order chi connectivity index (χ1) is 29.0. The lowest BCUT2D eigenvalue weighted by Crippen LogP contribution is -2.50. The minimum atomic E-state index is -5.13. The van der Waals surface area contributed by atoms with Gasteiger partial charge in [0.25, 0.3) is 5.91 Å². The number of piperazine rings is 1. The number of amides is 3. The van der Waals surface area contributed by atoms with Crippen LogP contribution in [0.3, 0.4) is 0 Å². The third-order valence-electron chi connectivity index (χ3n) is 12.8. The largest absolute Gasteiger partial charge is 0.416 e. The molecule has 10 nitrogen and oxygen atoms in total. The minimum absolute atomic E-state index is 0.0241. The van der Waals surface area contributed by atoms with Crippen LogP contribution in [0.5, 0.6) is 0 Å². The van der Waals surface area contributed by atoms with Gasteiger partial charge in [0.2, 0.25) is 11.8 Å². The Morgan fingerprint density at radius 3 is 2.28 bits per heavy atom. The van der Waals surface area contributed by atoms with Crippen LogP contribution in [0.4, 0.5) is 30.7 Å². The first-order valence-corrected chi connectivity index (χ1v) is 20.6. The van der Waals surface area contributed by atoms with Crippen LogP contribution < -0.4 is 5.32 Å². The van der Waals surface area contributed by atoms with E-state index >= 15 is 0 Å². The zero-order chi connectivity index (χ0) is 43.6. The van der Waals surface area contributed by atoms with Gasteiger partial charge in [0, 0.05) is 50.7 Å². The Kier molecular flexibility index (Phi) is 13.1. The summed E-state index contributed by atoms with van der Waals surface area (Å²) >= 11 is 0. The normalized spacial score (nSPS) is 21.9. The molecule has 1 aliphatic carbocycles. The standard InChI is InChI=1S/C44H50F7N5O5/c1-53(16-4-5-17-55-21-15-52-26-38(55)57)39(58)27-60-37-24-30-6-2-3-7-36(30)41(37)12-18-54(19-13-41)20-14-42(32-8-10-35(45)11-9-32)28-56(29-61-42)40(59)31-22-33(43(46,47)48)25-34(23-31)44(49,50)51/h2-3,6-11,22-23,25,37,52H,4-5,12-21,24,26-29H2,1H3/t37-,42-/m0/s1. The number of rotatable bonds is 13. The van der Waals surface area contributed by atoms with Crippen LogP contribution in [0, 0.1) is 5.82 Å². The van der Waals surface area contributed by atoms with Crippen LogP contribution in [-0.2, 0) is 48.9 Å². The highest BCUT2D eigenvalue weighted by Gasteiger charge is 2.50. The highest BCUT2D eigenvalue weighted by molar-refractivity contribution is 5.95. The molecule has 3 aromatic rings. The summed E-state index contributed by atoms with van der Waals surface area (Å²) < 4.78 is 109. The first-order valence-electron chi connectivity index (χ1n) is 20.6. The molecule has 0 bridgehead atoms. The maximum Gasteiger partial charge on any atom is 0.416 e. The maximum absolute atomic E-state index is 14.1. The number of hydrogen-bond donors (Lipinski definition) is 1. The third kappa shape index (κ3) is 9.90. The molecular weight excluding hydrogens is 812 g/mol. The smallest absolute Gasteiger partial charge is 0.367 e. The number of likely N-dealkylation sites (tertiary alicyclic amines) is 1. The van der Waals surface area contributed by atoms with Crippen molar-refractivity contribution in [3.63, 3.8) is 0 Å². The van der Waals surface area contributed by atoms with E-state index in [0.717, 1.165) is 37.1 Å². The number of benzene rings is 3. The van der Waals surface area contributed by atoms with Crippen molar-refractivity contribution < 1.29 is 54.6 Å². The van der Waals surface area contributed by atoms with E-state index in [1.165, 1.54) is 35.4 Å². The molecular formula is C44H50F7N5O5. The number of halogens is 7. The fraction of sp³-hybridized carbons (Fsp3) is 0.523. The molecule has 3 saturated heterocycles. The number of ether oxygens (including phenoxy) is 2. The summed E-state index contributed by atoms with van der Waals surface area (Å²) in [6.45, 7) is 4.11. The Labute approximate surface area is 349 Å². The predicted octanol–water partition coefficient (Wildman–Crippen LogP) is 6.22. The van der Waals surface area contributed by atoms with Gasteiger partial charge in [-0.1, -0.05) is 36.4 Å². The molecule has 0 aromatic heterocycles. The van der Waals surface area contributed by atoms with Crippen LogP contribution in [0.2, 0.25) is 0 Å². The lowest BCUT2D eigenvalue weighted by atomic mass is 9.72. The number of fused-ring (bicyclic) bond motifs is 2. The van der Waals surface area contributed by atoms with Crippen LogP contribution >= 0.6 is 0 Å². The summed E-state index contributed by atoms with van der Waals surface area (Å²) in [7, 11) is 1.76. The molecule has 0 unspecified atom stereocenters. The van der Waals surface area contributed by atoms with E-state index in [1.807, 2.05) is 17.0 Å². The number of likely N-dealkylation sites (N-methyl/N-ethyl adjacent to an activating group) is 1. The molecule has 3 aliphatic heterocycles. The number of carbonyl (C=O) groups is 3. The van der Waals surface area contributed by atoms with Crippen molar-refractivity contribution in [3.05, 3.63) is 106 Å². The molecule has 61 heavy (non-hydrogen) atoms. The quantitative estimate of drug-likeness (QED) is 0.161. The van der Waals surface area contributed by atoms with Gasteiger partial charge in [0.15, 0.2) is 0 Å². The molecule has 3 amide bonds. The Balaban J connectivity index is 0.991. The summed E-state index contributed by atoms with van der Waals surface area (Å²) in [4.78, 5) is 45.8. The van der Waals surface area contributed by atoms with E-state index in [4.69, 9.17) is 9.47 Å². The van der Waals surface area contributed by atoms with Crippen LogP contribution in [0.25, 0.3) is 0 Å².